The smallest absolute Gasteiger partial charge is 0.342 e. The van der Waals surface area contributed by atoms with E-state index in [1.165, 1.54) is 0 Å². The molecule has 4 nitrogen and oxygen atoms in total. The molecule has 7 heteroatoms. The van der Waals surface area contributed by atoms with Crippen LogP contribution in [-0.4, -0.2) is 42.0 Å². The molecule has 20 heavy (non-hydrogen) atoms. The normalized spacial score (nSPS) is 20.9. The lowest BCUT2D eigenvalue weighted by Crippen LogP contribution is -2.42. The van der Waals surface area contributed by atoms with Gasteiger partial charge < -0.3 is 10.2 Å². The van der Waals surface area contributed by atoms with Crippen LogP contribution in [-0.2, 0) is 9.59 Å². The number of nitrogens with one attached hydrogen (secondary N) is 1. The zero-order valence-electron chi connectivity index (χ0n) is 11.3. The van der Waals surface area contributed by atoms with Crippen molar-refractivity contribution in [3.63, 3.8) is 0 Å². The Morgan fingerprint density at radius 2 is 2.15 bits per heavy atom. The minimum atomic E-state index is -4.46. The number of nitrogens with zero attached hydrogens (tertiary/aromatic N) is 1. The minimum absolute atomic E-state index is 0.00679. The van der Waals surface area contributed by atoms with Crippen LogP contribution in [0.15, 0.2) is 0 Å². The molecule has 1 aliphatic rings. The summed E-state index contributed by atoms with van der Waals surface area (Å²) in [5, 5.41) is 2.58. The highest BCUT2D eigenvalue weighted by atomic mass is 19.4. The van der Waals surface area contributed by atoms with Gasteiger partial charge in [0.15, 0.2) is 0 Å². The van der Waals surface area contributed by atoms with Gasteiger partial charge >= 0.3 is 6.18 Å². The Bertz CT molecular complexity index is 426. The van der Waals surface area contributed by atoms with Gasteiger partial charge in [0.25, 0.3) is 0 Å². The molecular weight excluding hydrogens is 273 g/mol. The van der Waals surface area contributed by atoms with Gasteiger partial charge in [-0.1, -0.05) is 19.8 Å². The van der Waals surface area contributed by atoms with Crippen molar-refractivity contribution in [2.24, 2.45) is 11.8 Å². The van der Waals surface area contributed by atoms with Crippen LogP contribution < -0.4 is 5.32 Å². The number of hydrogen-bond donors (Lipinski definition) is 1. The highest BCUT2D eigenvalue weighted by Crippen LogP contribution is 2.24. The van der Waals surface area contributed by atoms with Crippen molar-refractivity contribution in [1.29, 1.82) is 0 Å². The summed E-state index contributed by atoms with van der Waals surface area (Å²) < 4.78 is 36.8. The Hall–Kier alpha value is -1.71. The van der Waals surface area contributed by atoms with Crippen LogP contribution in [0.5, 0.6) is 0 Å². The quantitative estimate of drug-likeness (QED) is 0.790. The fraction of sp³-hybridized carbons (Fsp3) is 0.692. The van der Waals surface area contributed by atoms with Gasteiger partial charge in [-0.05, 0) is 5.92 Å². The second-order valence-corrected chi connectivity index (χ2v) is 5.19. The van der Waals surface area contributed by atoms with E-state index in [9.17, 15) is 22.8 Å². The van der Waals surface area contributed by atoms with Crippen molar-refractivity contribution in [1.82, 2.24) is 10.2 Å². The van der Waals surface area contributed by atoms with Crippen LogP contribution in [0.3, 0.4) is 0 Å². The molecule has 0 spiro atoms. The monoisotopic (exact) mass is 290 g/mol. The molecule has 1 fully saturated rings. The molecule has 2 amide bonds. The summed E-state index contributed by atoms with van der Waals surface area (Å²) in [6.07, 6.45) is 0.599. The van der Waals surface area contributed by atoms with E-state index >= 15 is 0 Å². The third-order valence-electron chi connectivity index (χ3n) is 3.10. The second kappa shape index (κ2) is 6.16. The molecule has 0 bridgehead atoms. The van der Waals surface area contributed by atoms with E-state index in [4.69, 9.17) is 6.42 Å². The molecule has 0 aromatic carbocycles. The molecule has 0 radical (unpaired) electrons. The van der Waals surface area contributed by atoms with Crippen molar-refractivity contribution in [2.75, 3.05) is 13.1 Å². The maximum absolute atomic E-state index is 12.3. The van der Waals surface area contributed by atoms with Crippen molar-refractivity contribution in [3.8, 4) is 12.3 Å². The number of hydrogen-bond acceptors (Lipinski definition) is 2. The van der Waals surface area contributed by atoms with Crippen LogP contribution in [0.2, 0.25) is 0 Å². The van der Waals surface area contributed by atoms with Crippen LogP contribution in [0.4, 0.5) is 13.2 Å². The summed E-state index contributed by atoms with van der Waals surface area (Å²) in [5.41, 5.74) is 0. The summed E-state index contributed by atoms with van der Waals surface area (Å²) in [4.78, 5) is 24.0. The van der Waals surface area contributed by atoms with Crippen LogP contribution in [0.1, 0.15) is 20.3 Å². The van der Waals surface area contributed by atoms with Crippen LogP contribution in [0, 0.1) is 24.2 Å². The number of halogens is 3. The lowest BCUT2D eigenvalue weighted by Gasteiger charge is -2.20. The molecule has 112 valence electrons. The molecule has 0 unspecified atom stereocenters. The third-order valence-corrected chi connectivity index (χ3v) is 3.10. The van der Waals surface area contributed by atoms with E-state index in [1.807, 2.05) is 13.8 Å². The number of likely N-dealkylation sites (tertiary alicyclic amines) is 1. The number of alkyl halides is 3. The highest BCUT2D eigenvalue weighted by Gasteiger charge is 2.40. The number of carbonyl (C=O) groups is 2. The van der Waals surface area contributed by atoms with Gasteiger partial charge in [-0.25, -0.2) is 0 Å². The van der Waals surface area contributed by atoms with Crippen molar-refractivity contribution in [3.05, 3.63) is 0 Å². The first-order chi connectivity index (χ1) is 9.14. The Morgan fingerprint density at radius 1 is 1.55 bits per heavy atom. The largest absolute Gasteiger partial charge is 0.406 e. The molecule has 1 N–H and O–H groups in total. The Kier molecular flexibility index (Phi) is 5.03. The van der Waals surface area contributed by atoms with Crippen molar-refractivity contribution in [2.45, 2.75) is 32.5 Å². The summed E-state index contributed by atoms with van der Waals surface area (Å²) in [7, 11) is 0. The van der Waals surface area contributed by atoms with E-state index in [1.54, 1.807) is 0 Å². The fourth-order valence-electron chi connectivity index (χ4n) is 1.99. The lowest BCUT2D eigenvalue weighted by molar-refractivity contribution is -0.157. The van der Waals surface area contributed by atoms with E-state index in [-0.39, 0.29) is 18.9 Å². The van der Waals surface area contributed by atoms with Crippen molar-refractivity contribution < 1.29 is 22.8 Å². The maximum Gasteiger partial charge on any atom is 0.406 e. The molecule has 1 heterocycles. The molecular formula is C13H17F3N2O2. The molecule has 0 aromatic heterocycles. The van der Waals surface area contributed by atoms with Gasteiger partial charge in [-0.2, -0.15) is 13.2 Å². The summed E-state index contributed by atoms with van der Waals surface area (Å²) in [6.45, 7) is 2.10. The summed E-state index contributed by atoms with van der Waals surface area (Å²) in [6, 6.07) is -0.491. The summed E-state index contributed by atoms with van der Waals surface area (Å²) in [5.74, 6) is 0.499. The van der Waals surface area contributed by atoms with Crippen LogP contribution in [0.25, 0.3) is 0 Å². The van der Waals surface area contributed by atoms with E-state index < -0.39 is 36.5 Å². The number of rotatable bonds is 4. The predicted molar refractivity (Wildman–Crippen MR) is 66.3 cm³/mol. The number of amides is 2. The maximum atomic E-state index is 12.3. The standard InChI is InChI=1S/C13H17F3N2O2/c1-4-10(8(2)3)17-12(20)9-5-11(19)18(6-9)7-13(14,15)16/h1,8-10H,5-7H2,2-3H3,(H,17,20)/t9-,10+/m0/s1. The number of carbonyl (C=O) groups excluding carboxylic acids is 2. The van der Waals surface area contributed by atoms with Gasteiger partial charge in [-0.15, -0.1) is 6.42 Å². The van der Waals surface area contributed by atoms with Gasteiger partial charge in [0, 0.05) is 13.0 Å². The molecule has 0 aliphatic carbocycles. The Balaban J connectivity index is 2.60. The van der Waals surface area contributed by atoms with Gasteiger partial charge in [0.05, 0.1) is 12.0 Å². The highest BCUT2D eigenvalue weighted by molar-refractivity contribution is 5.89. The van der Waals surface area contributed by atoms with Crippen LogP contribution >= 0.6 is 0 Å². The zero-order valence-corrected chi connectivity index (χ0v) is 11.3. The van der Waals surface area contributed by atoms with Crippen molar-refractivity contribution >= 4 is 11.8 Å². The first kappa shape index (κ1) is 16.3. The van der Waals surface area contributed by atoms with Gasteiger partial charge in [-0.3, -0.25) is 9.59 Å². The predicted octanol–water partition coefficient (Wildman–Crippen LogP) is 1.17. The molecule has 2 atom stereocenters. The third kappa shape index (κ3) is 4.44. The van der Waals surface area contributed by atoms with E-state index in [0.717, 1.165) is 0 Å². The first-order valence-electron chi connectivity index (χ1n) is 6.25. The van der Waals surface area contributed by atoms with E-state index in [0.29, 0.717) is 4.90 Å². The fourth-order valence-corrected chi connectivity index (χ4v) is 1.99. The Labute approximate surface area is 115 Å². The lowest BCUT2D eigenvalue weighted by atomic mass is 10.0. The molecule has 1 saturated heterocycles. The topological polar surface area (TPSA) is 49.4 Å². The van der Waals surface area contributed by atoms with Gasteiger partial charge in [0.2, 0.25) is 11.8 Å². The average Bonchev–Trinajstić information content (AvgIpc) is 2.65. The summed E-state index contributed by atoms with van der Waals surface area (Å²) >= 11 is 0. The molecule has 1 aliphatic heterocycles. The number of terminal acetylenes is 1. The van der Waals surface area contributed by atoms with Gasteiger partial charge in [0.1, 0.15) is 6.54 Å². The zero-order chi connectivity index (χ0) is 15.5. The molecule has 1 rings (SSSR count). The minimum Gasteiger partial charge on any atom is -0.342 e. The average molecular weight is 290 g/mol. The Morgan fingerprint density at radius 3 is 2.60 bits per heavy atom. The first-order valence-corrected chi connectivity index (χ1v) is 6.25. The molecule has 0 saturated carbocycles. The van der Waals surface area contributed by atoms with E-state index in [2.05, 4.69) is 11.2 Å². The SMILES string of the molecule is C#C[C@@H](NC(=O)[C@H]1CC(=O)N(CC(F)(F)F)C1)C(C)C. The molecule has 0 aromatic rings. The second-order valence-electron chi connectivity index (χ2n) is 5.19.